The fourth-order valence-corrected chi connectivity index (χ4v) is 8.97. The van der Waals surface area contributed by atoms with Crippen molar-refractivity contribution >= 4 is 77.1 Å². The van der Waals surface area contributed by atoms with Crippen LogP contribution in [0.25, 0.3) is 0 Å². The van der Waals surface area contributed by atoms with Crippen LogP contribution in [0.1, 0.15) is 0 Å². The van der Waals surface area contributed by atoms with E-state index in [0.717, 1.165) is 0 Å². The number of hydrogen-bond acceptors (Lipinski definition) is 0. The van der Waals surface area contributed by atoms with Crippen molar-refractivity contribution in [3.05, 3.63) is 189 Å². The van der Waals surface area contributed by atoms with Crippen molar-refractivity contribution in [2.24, 2.45) is 0 Å². The Balaban J connectivity index is 0.000000262. The van der Waals surface area contributed by atoms with Crippen LogP contribution in [0.4, 0.5) is 0 Å². The zero-order valence-electron chi connectivity index (χ0n) is 26.4. The molecule has 0 amide bonds. The molecule has 0 aliphatic carbocycles. The van der Waals surface area contributed by atoms with E-state index in [9.17, 15) is 0 Å². The third kappa shape index (κ3) is 14.2. The minimum atomic E-state index is -0.543. The summed E-state index contributed by atoms with van der Waals surface area (Å²) in [4.78, 5) is 7.09. The molecule has 0 heterocycles. The molecule has 0 fully saturated rings. The molecule has 0 saturated heterocycles. The molecular formula is C40H39ClOOsP2Sn. The van der Waals surface area contributed by atoms with Crippen molar-refractivity contribution in [3.8, 4) is 0 Å². The van der Waals surface area contributed by atoms with E-state index in [-0.39, 0.29) is 0 Å². The van der Waals surface area contributed by atoms with E-state index >= 15 is 0 Å². The van der Waals surface area contributed by atoms with Gasteiger partial charge in [-0.05, 0) is 47.7 Å². The van der Waals surface area contributed by atoms with Crippen LogP contribution in [-0.2, 0) is 22.3 Å². The van der Waals surface area contributed by atoms with E-state index in [1.165, 1.54) is 49.4 Å². The molecule has 0 atom stereocenters. The molecule has 6 aromatic rings. The molecule has 0 unspecified atom stereocenters. The van der Waals surface area contributed by atoms with E-state index in [1.807, 2.05) is 0 Å². The summed E-state index contributed by atoms with van der Waals surface area (Å²) < 4.78 is 7.50. The number of halogens is 1. The van der Waals surface area contributed by atoms with Crippen molar-refractivity contribution in [3.63, 3.8) is 0 Å². The zero-order valence-corrected chi connectivity index (χ0v) is 34.3. The summed E-state index contributed by atoms with van der Waals surface area (Å²) in [6, 6.07) is 64.7. The van der Waals surface area contributed by atoms with Gasteiger partial charge in [-0.3, -0.25) is 0 Å². The van der Waals surface area contributed by atoms with E-state index in [0.29, 0.717) is 0 Å². The summed E-state index contributed by atoms with van der Waals surface area (Å²) in [5, 5.41) is 8.39. The summed E-state index contributed by atoms with van der Waals surface area (Å²) in [5.41, 5.74) is 0. The van der Waals surface area contributed by atoms with Gasteiger partial charge in [0.05, 0.1) is 0 Å². The maximum Gasteiger partial charge on any atom is -0.0134 e. The molecule has 0 aliphatic rings. The van der Waals surface area contributed by atoms with Crippen molar-refractivity contribution in [1.29, 1.82) is 0 Å². The van der Waals surface area contributed by atoms with Gasteiger partial charge in [-0.2, -0.15) is 0 Å². The first-order valence-electron chi connectivity index (χ1n) is 14.6. The van der Waals surface area contributed by atoms with E-state index < -0.39 is 35.6 Å². The second-order valence-electron chi connectivity index (χ2n) is 10.2. The SMILES string of the molecule is [C-]#[O+].[CH3][Sn]([CH3])[CH3].[Cl][Os].c1ccc(P(c2ccccc2)c2ccccc2)cc1.c1ccc(P(c2ccccc2)c2ccccc2)cc1. The second-order valence-corrected chi connectivity index (χ2v) is 23.2. The Hall–Kier alpha value is -2.35. The molecule has 0 spiro atoms. The van der Waals surface area contributed by atoms with Gasteiger partial charge in [-0.1, -0.05) is 182 Å². The number of rotatable bonds is 6. The van der Waals surface area contributed by atoms with Gasteiger partial charge in [0.2, 0.25) is 0 Å². The quantitative estimate of drug-likeness (QED) is 0.0689. The smallest absolute Gasteiger partial charge is 0.0134 e. The van der Waals surface area contributed by atoms with Crippen LogP contribution >= 0.6 is 25.5 Å². The van der Waals surface area contributed by atoms with Gasteiger partial charge in [-0.25, -0.2) is 0 Å². The normalized spacial score (nSPS) is 9.70. The summed E-state index contributed by atoms with van der Waals surface area (Å²) >= 11 is 0.790. The molecule has 0 N–H and O–H groups in total. The van der Waals surface area contributed by atoms with E-state index in [2.05, 4.69) is 213 Å². The molecule has 0 aliphatic heterocycles. The third-order valence-electron chi connectivity index (χ3n) is 6.09. The van der Waals surface area contributed by atoms with Crippen LogP contribution in [0.3, 0.4) is 0 Å². The molecule has 46 heavy (non-hydrogen) atoms. The summed E-state index contributed by atoms with van der Waals surface area (Å²) in [6.07, 6.45) is 0. The standard InChI is InChI=1S/2C18H15P.CO.3CH3.ClH.Os.Sn/c2*1-4-10-16(11-5-1)19(17-12-6-2-7-13-17)18-14-8-3-9-15-18;1-2;;;;;;/h2*1-15H;;3*1H3;1H;;/q;;;;;;;+1;/p-1. The summed E-state index contributed by atoms with van der Waals surface area (Å²) in [6.45, 7) is 4.50. The Bertz CT molecular complexity index is 1280. The van der Waals surface area contributed by atoms with Crippen molar-refractivity contribution in [2.45, 2.75) is 14.8 Å². The van der Waals surface area contributed by atoms with Crippen LogP contribution in [0.5, 0.6) is 0 Å². The van der Waals surface area contributed by atoms with Gasteiger partial charge >= 0.3 is 73.1 Å². The molecule has 0 bridgehead atoms. The number of hydrogen-bond donors (Lipinski definition) is 0. The van der Waals surface area contributed by atoms with Gasteiger partial charge in [-0.15, -0.1) is 0 Å². The van der Waals surface area contributed by atoms with Crippen molar-refractivity contribution < 1.29 is 22.3 Å². The minimum Gasteiger partial charge on any atom is -0.0622 e. The molecule has 1 nitrogen and oxygen atoms in total. The van der Waals surface area contributed by atoms with Gasteiger partial charge < -0.3 is 0 Å². The average Bonchev–Trinajstić information content (AvgIpc) is 3.13. The molecule has 6 aromatic carbocycles. The zero-order chi connectivity index (χ0) is 33.4. The third-order valence-corrected chi connectivity index (χ3v) is 11.0. The largest absolute Gasteiger partial charge is 0.0622 e. The average molecular weight is 942 g/mol. The Morgan fingerprint density at radius 2 is 0.478 bits per heavy atom. The minimum absolute atomic E-state index is 0.446. The van der Waals surface area contributed by atoms with Crippen LogP contribution in [0.15, 0.2) is 182 Å². The predicted molar refractivity (Wildman–Crippen MR) is 203 cm³/mol. The second kappa shape index (κ2) is 24.8. The predicted octanol–water partition coefficient (Wildman–Crippen LogP) is 8.91. The molecule has 6 rings (SSSR count). The first-order valence-corrected chi connectivity index (χ1v) is 29.0. The van der Waals surface area contributed by atoms with Gasteiger partial charge in [0, 0.05) is 0 Å². The van der Waals surface area contributed by atoms with Crippen LogP contribution in [0.2, 0.25) is 14.8 Å². The maximum atomic E-state index is 7.50. The van der Waals surface area contributed by atoms with Crippen molar-refractivity contribution in [1.82, 2.24) is 0 Å². The molecule has 1 radical (unpaired) electrons. The Kier molecular flexibility index (Phi) is 21.4. The van der Waals surface area contributed by atoms with E-state index in [4.69, 9.17) is 4.65 Å². The Labute approximate surface area is 300 Å². The molecule has 6 heteroatoms. The first-order chi connectivity index (χ1) is 22.6. The van der Waals surface area contributed by atoms with Gasteiger partial charge in [0.25, 0.3) is 0 Å². The maximum absolute atomic E-state index is 7.50. The van der Waals surface area contributed by atoms with Crippen LogP contribution in [0, 0.1) is 6.65 Å². The Morgan fingerprint density at radius 3 is 0.587 bits per heavy atom. The Morgan fingerprint density at radius 1 is 0.370 bits per heavy atom. The topological polar surface area (TPSA) is 19.9 Å². The van der Waals surface area contributed by atoms with Crippen LogP contribution < -0.4 is 31.8 Å². The summed E-state index contributed by atoms with van der Waals surface area (Å²) in [5.74, 6) is 0. The fourth-order valence-electron chi connectivity index (χ4n) is 4.36. The van der Waals surface area contributed by atoms with Crippen molar-refractivity contribution in [2.75, 3.05) is 0 Å². The summed E-state index contributed by atoms with van der Waals surface area (Å²) in [7, 11) is 3.77. The van der Waals surface area contributed by atoms with Gasteiger partial charge in [0.15, 0.2) is 0 Å². The molecule has 0 saturated carbocycles. The monoisotopic (exact) mass is 944 g/mol. The molecule has 234 valence electrons. The number of benzene rings is 6. The van der Waals surface area contributed by atoms with Crippen LogP contribution in [-0.4, -0.2) is 19.8 Å². The van der Waals surface area contributed by atoms with E-state index in [1.54, 1.807) is 0 Å². The van der Waals surface area contributed by atoms with Gasteiger partial charge in [0.1, 0.15) is 0 Å². The fraction of sp³-hybridized carbons (Fsp3) is 0.0750. The molecule has 0 aromatic heterocycles. The molecular weight excluding hydrogens is 903 g/mol. The first kappa shape index (κ1) is 39.8.